The molecule has 1 aliphatic heterocycles. The van der Waals surface area contributed by atoms with Crippen LogP contribution >= 0.6 is 11.8 Å². The predicted octanol–water partition coefficient (Wildman–Crippen LogP) is 3.03. The van der Waals surface area contributed by atoms with E-state index in [9.17, 15) is 0 Å². The van der Waals surface area contributed by atoms with Gasteiger partial charge >= 0.3 is 0 Å². The van der Waals surface area contributed by atoms with Crippen LogP contribution in [0.1, 0.15) is 51.9 Å². The van der Waals surface area contributed by atoms with Crippen molar-refractivity contribution < 1.29 is 0 Å². The second-order valence-electron chi connectivity index (χ2n) is 6.13. The average molecular weight is 270 g/mol. The third-order valence-corrected chi connectivity index (χ3v) is 5.43. The molecule has 2 fully saturated rings. The second kappa shape index (κ2) is 7.76. The van der Waals surface area contributed by atoms with Crippen LogP contribution in [0.4, 0.5) is 0 Å². The van der Waals surface area contributed by atoms with Crippen LogP contribution in [0.2, 0.25) is 0 Å². The van der Waals surface area contributed by atoms with Crippen LogP contribution in [0.3, 0.4) is 0 Å². The molecule has 18 heavy (non-hydrogen) atoms. The first-order valence-corrected chi connectivity index (χ1v) is 9.19. The summed E-state index contributed by atoms with van der Waals surface area (Å²) in [7, 11) is 0. The maximum Gasteiger partial charge on any atom is 0.0132 e. The van der Waals surface area contributed by atoms with Gasteiger partial charge in [-0.05, 0) is 51.3 Å². The highest BCUT2D eigenvalue weighted by Crippen LogP contribution is 2.30. The van der Waals surface area contributed by atoms with E-state index >= 15 is 0 Å². The largest absolute Gasteiger partial charge is 0.314 e. The third-order valence-electron chi connectivity index (χ3n) is 4.60. The van der Waals surface area contributed by atoms with E-state index in [1.54, 1.807) is 0 Å². The van der Waals surface area contributed by atoms with Gasteiger partial charge in [0.1, 0.15) is 0 Å². The Morgan fingerprint density at radius 1 is 1.17 bits per heavy atom. The summed E-state index contributed by atoms with van der Waals surface area (Å²) in [5, 5.41) is 7.69. The monoisotopic (exact) mass is 270 g/mol. The maximum absolute atomic E-state index is 3.91. The Hall–Kier alpha value is 0.270. The van der Waals surface area contributed by atoms with E-state index in [4.69, 9.17) is 0 Å². The van der Waals surface area contributed by atoms with Crippen molar-refractivity contribution in [2.24, 2.45) is 5.92 Å². The molecule has 4 unspecified atom stereocenters. The number of piperidine rings is 1. The molecule has 0 bridgehead atoms. The van der Waals surface area contributed by atoms with Gasteiger partial charge in [-0.25, -0.2) is 0 Å². The van der Waals surface area contributed by atoms with Crippen LogP contribution in [0, 0.1) is 5.92 Å². The van der Waals surface area contributed by atoms with Crippen LogP contribution in [0.25, 0.3) is 0 Å². The van der Waals surface area contributed by atoms with Crippen molar-refractivity contribution in [3.8, 4) is 0 Å². The molecule has 0 amide bonds. The van der Waals surface area contributed by atoms with E-state index < -0.39 is 0 Å². The van der Waals surface area contributed by atoms with Gasteiger partial charge in [-0.15, -0.1) is 0 Å². The molecule has 2 aliphatic rings. The molecule has 2 nitrogen and oxygen atoms in total. The summed E-state index contributed by atoms with van der Waals surface area (Å²) >= 11 is 1.96. The van der Waals surface area contributed by atoms with Gasteiger partial charge in [-0.3, -0.25) is 0 Å². The molecule has 0 aromatic heterocycles. The molecule has 0 radical (unpaired) electrons. The van der Waals surface area contributed by atoms with Crippen LogP contribution in [0.15, 0.2) is 0 Å². The molecule has 1 aliphatic carbocycles. The Morgan fingerprint density at radius 2 is 1.94 bits per heavy atom. The molecule has 106 valence electrons. The zero-order valence-electron chi connectivity index (χ0n) is 12.1. The molecule has 2 N–H and O–H groups in total. The minimum Gasteiger partial charge on any atom is -0.314 e. The van der Waals surface area contributed by atoms with E-state index in [2.05, 4.69) is 23.8 Å². The quantitative estimate of drug-likeness (QED) is 0.803. The number of hydrogen-bond acceptors (Lipinski definition) is 3. The summed E-state index contributed by atoms with van der Waals surface area (Å²) in [5.74, 6) is 2.12. The second-order valence-corrected chi connectivity index (χ2v) is 7.04. The number of rotatable bonds is 5. The average Bonchev–Trinajstić information content (AvgIpc) is 2.40. The first-order valence-electron chi connectivity index (χ1n) is 7.79. The van der Waals surface area contributed by atoms with E-state index in [-0.39, 0.29) is 0 Å². The Kier molecular flexibility index (Phi) is 6.33. The fourth-order valence-electron chi connectivity index (χ4n) is 3.76. The molecular weight excluding hydrogens is 240 g/mol. The van der Waals surface area contributed by atoms with Crippen molar-refractivity contribution >= 4 is 11.8 Å². The molecular formula is C15H30N2S. The highest BCUT2D eigenvalue weighted by atomic mass is 32.2. The van der Waals surface area contributed by atoms with Gasteiger partial charge in [0.2, 0.25) is 0 Å². The van der Waals surface area contributed by atoms with Crippen molar-refractivity contribution in [3.05, 3.63) is 0 Å². The molecule has 1 saturated heterocycles. The zero-order chi connectivity index (χ0) is 12.8. The normalized spacial score (nSPS) is 35.3. The standard InChI is InChI=1S/C15H30N2S/c1-12(11-18-2)17-15-9-4-3-7-13(15)14-8-5-6-10-16-14/h12-17H,3-11H2,1-2H3. The van der Waals surface area contributed by atoms with E-state index in [1.165, 1.54) is 57.2 Å². The van der Waals surface area contributed by atoms with Gasteiger partial charge in [0, 0.05) is 23.9 Å². The van der Waals surface area contributed by atoms with Gasteiger partial charge in [0.25, 0.3) is 0 Å². The van der Waals surface area contributed by atoms with Gasteiger partial charge in [-0.2, -0.15) is 11.8 Å². The van der Waals surface area contributed by atoms with Crippen LogP contribution in [-0.2, 0) is 0 Å². The molecule has 1 heterocycles. The topological polar surface area (TPSA) is 24.1 Å². The zero-order valence-corrected chi connectivity index (χ0v) is 12.9. The van der Waals surface area contributed by atoms with Crippen LogP contribution < -0.4 is 10.6 Å². The molecule has 0 aromatic carbocycles. The molecule has 3 heteroatoms. The Morgan fingerprint density at radius 3 is 2.67 bits per heavy atom. The summed E-state index contributed by atoms with van der Waals surface area (Å²) in [5.41, 5.74) is 0. The van der Waals surface area contributed by atoms with Crippen molar-refractivity contribution in [2.75, 3.05) is 18.6 Å². The number of nitrogens with one attached hydrogen (secondary N) is 2. The molecule has 0 spiro atoms. The summed E-state index contributed by atoms with van der Waals surface area (Å²) < 4.78 is 0. The van der Waals surface area contributed by atoms with Crippen LogP contribution in [0.5, 0.6) is 0 Å². The Balaban J connectivity index is 1.88. The lowest BCUT2D eigenvalue weighted by Crippen LogP contribution is -2.52. The number of hydrogen-bond donors (Lipinski definition) is 2. The Labute approximate surface area is 117 Å². The first-order chi connectivity index (χ1) is 8.81. The molecule has 4 atom stereocenters. The van der Waals surface area contributed by atoms with E-state index in [0.29, 0.717) is 6.04 Å². The maximum atomic E-state index is 3.91. The van der Waals surface area contributed by atoms with Crippen LogP contribution in [-0.4, -0.2) is 36.7 Å². The molecule has 2 rings (SSSR count). The predicted molar refractivity (Wildman–Crippen MR) is 82.4 cm³/mol. The van der Waals surface area contributed by atoms with Crippen molar-refractivity contribution in [3.63, 3.8) is 0 Å². The SMILES string of the molecule is CSCC(C)NC1CCCCC1C1CCCCN1. The van der Waals surface area contributed by atoms with Gasteiger partial charge in [0.15, 0.2) is 0 Å². The summed E-state index contributed by atoms with van der Waals surface area (Å²) in [6.07, 6.45) is 12.1. The van der Waals surface area contributed by atoms with Gasteiger partial charge in [0.05, 0.1) is 0 Å². The summed E-state index contributed by atoms with van der Waals surface area (Å²) in [6, 6.07) is 2.21. The van der Waals surface area contributed by atoms with Crippen molar-refractivity contribution in [1.82, 2.24) is 10.6 Å². The van der Waals surface area contributed by atoms with Gasteiger partial charge < -0.3 is 10.6 Å². The highest BCUT2D eigenvalue weighted by Gasteiger charge is 2.32. The molecule has 1 saturated carbocycles. The minimum absolute atomic E-state index is 0.661. The fraction of sp³-hybridized carbons (Fsp3) is 1.00. The van der Waals surface area contributed by atoms with E-state index in [1.807, 2.05) is 11.8 Å². The van der Waals surface area contributed by atoms with Gasteiger partial charge in [-0.1, -0.05) is 19.3 Å². The lowest BCUT2D eigenvalue weighted by molar-refractivity contribution is 0.176. The lowest BCUT2D eigenvalue weighted by atomic mass is 9.77. The first kappa shape index (κ1) is 14.7. The fourth-order valence-corrected chi connectivity index (χ4v) is 4.35. The summed E-state index contributed by atoms with van der Waals surface area (Å²) in [6.45, 7) is 3.59. The minimum atomic E-state index is 0.661. The number of thioether (sulfide) groups is 1. The highest BCUT2D eigenvalue weighted by molar-refractivity contribution is 7.98. The Bertz CT molecular complexity index is 229. The smallest absolute Gasteiger partial charge is 0.0132 e. The van der Waals surface area contributed by atoms with Crippen molar-refractivity contribution in [2.45, 2.75) is 70.0 Å². The molecule has 0 aromatic rings. The lowest BCUT2D eigenvalue weighted by Gasteiger charge is -2.41. The third kappa shape index (κ3) is 4.14. The van der Waals surface area contributed by atoms with E-state index in [0.717, 1.165) is 18.0 Å². The summed E-state index contributed by atoms with van der Waals surface area (Å²) in [4.78, 5) is 0. The van der Waals surface area contributed by atoms with Crippen molar-refractivity contribution in [1.29, 1.82) is 0 Å².